The molecule has 12 nitrogen and oxygen atoms in total. The summed E-state index contributed by atoms with van der Waals surface area (Å²) in [5.74, 6) is -1.03. The lowest BCUT2D eigenvalue weighted by molar-refractivity contribution is -0.684. The maximum atomic E-state index is 12.1. The van der Waals surface area contributed by atoms with E-state index < -0.39 is 33.7 Å². The molecule has 1 aromatic heterocycles. The Morgan fingerprint density at radius 3 is 2.40 bits per heavy atom. The van der Waals surface area contributed by atoms with Gasteiger partial charge in [0, 0.05) is 48.4 Å². The third kappa shape index (κ3) is 9.01. The minimum Gasteiger partial charge on any atom is -0.748 e. The van der Waals surface area contributed by atoms with Gasteiger partial charge in [0.05, 0.1) is 33.8 Å². The van der Waals surface area contributed by atoms with Gasteiger partial charge in [-0.1, -0.05) is 30.4 Å². The van der Waals surface area contributed by atoms with E-state index >= 15 is 0 Å². The zero-order valence-electron chi connectivity index (χ0n) is 28.3. The lowest BCUT2D eigenvalue weighted by Crippen LogP contribution is -2.35. The maximum absolute atomic E-state index is 12.1. The fourth-order valence-corrected chi connectivity index (χ4v) is 6.20. The van der Waals surface area contributed by atoms with E-state index in [1.54, 1.807) is 5.01 Å². The highest BCUT2D eigenvalue weighted by molar-refractivity contribution is 7.85. The smallest absolute Gasteiger partial charge is 0.333 e. The van der Waals surface area contributed by atoms with Gasteiger partial charge in [-0.05, 0) is 89.6 Å². The number of hydrogen-bond donors (Lipinski definition) is 0. The van der Waals surface area contributed by atoms with E-state index in [9.17, 15) is 27.4 Å². The summed E-state index contributed by atoms with van der Waals surface area (Å²) in [6.07, 6.45) is 18.3. The zero-order chi connectivity index (χ0) is 35.1. The number of aromatic nitrogens is 1. The highest BCUT2D eigenvalue weighted by atomic mass is 32.2. The van der Waals surface area contributed by atoms with E-state index in [2.05, 4.69) is 43.4 Å². The third-order valence-corrected chi connectivity index (χ3v) is 9.66. The van der Waals surface area contributed by atoms with E-state index in [1.165, 1.54) is 0 Å². The average molecular weight is 680 g/mol. The number of pyridine rings is 1. The van der Waals surface area contributed by atoms with Crippen LogP contribution in [0.4, 0.5) is 5.82 Å². The first-order valence-electron chi connectivity index (χ1n) is 16.3. The first-order valence-corrected chi connectivity index (χ1v) is 17.9. The van der Waals surface area contributed by atoms with Crippen molar-refractivity contribution in [2.45, 2.75) is 91.5 Å². The van der Waals surface area contributed by atoms with Gasteiger partial charge in [0.25, 0.3) is 11.8 Å². The molecule has 0 aliphatic carbocycles. The van der Waals surface area contributed by atoms with Crippen molar-refractivity contribution in [1.29, 1.82) is 0 Å². The Balaban J connectivity index is 1.30. The number of carbonyl (C=O) groups excluding carboxylic acids is 3. The molecule has 0 N–H and O–H groups in total. The number of aryl methyl sites for hydroxylation is 1. The molecule has 1 aromatic rings. The minimum atomic E-state index is -4.26. The predicted octanol–water partition coefficient (Wildman–Crippen LogP) is 4.71. The van der Waals surface area contributed by atoms with Gasteiger partial charge in [-0.25, -0.2) is 17.8 Å². The molecule has 3 aliphatic rings. The maximum Gasteiger partial charge on any atom is 0.333 e. The molecule has 13 heteroatoms. The van der Waals surface area contributed by atoms with Crippen LogP contribution in [0.3, 0.4) is 0 Å². The van der Waals surface area contributed by atoms with Crippen LogP contribution in [0.1, 0.15) is 85.1 Å². The molecule has 0 radical (unpaired) electrons. The summed E-state index contributed by atoms with van der Waals surface area (Å²) in [6, 6.07) is 4.12. The number of imide groups is 1. The minimum absolute atomic E-state index is 0.0791. The Morgan fingerprint density at radius 1 is 1.00 bits per heavy atom. The van der Waals surface area contributed by atoms with Crippen LogP contribution in [-0.2, 0) is 41.3 Å². The third-order valence-electron chi connectivity index (χ3n) is 8.87. The molecule has 2 amide bonds. The van der Waals surface area contributed by atoms with Crippen molar-refractivity contribution >= 4 is 45.1 Å². The molecule has 258 valence electrons. The molecule has 1 saturated heterocycles. The topological polar surface area (TPSA) is 153 Å². The highest BCUT2D eigenvalue weighted by Gasteiger charge is 2.42. The SMILES string of the molecule is CC1=NN(CCCS(=O)(=O)[O-])/C(=C/C=C/C=C/C=C/C2=Nc3c(ccc[n+]3CCCCCC(=O)ON3C(=O)CCC3=O)C2(C)C)C1(C)C. The van der Waals surface area contributed by atoms with Crippen LogP contribution >= 0.6 is 0 Å². The fourth-order valence-electron chi connectivity index (χ4n) is 5.72. The van der Waals surface area contributed by atoms with Crippen LogP contribution in [-0.4, -0.2) is 64.5 Å². The van der Waals surface area contributed by atoms with Crippen molar-refractivity contribution in [1.82, 2.24) is 10.1 Å². The predicted molar refractivity (Wildman–Crippen MR) is 181 cm³/mol. The van der Waals surface area contributed by atoms with Crippen LogP contribution in [0, 0.1) is 5.41 Å². The molecule has 4 heterocycles. The van der Waals surface area contributed by atoms with Crippen molar-refractivity contribution in [2.75, 3.05) is 12.3 Å². The summed E-state index contributed by atoms with van der Waals surface area (Å²) >= 11 is 0. The number of nitrogens with zero attached hydrogens (tertiary/aromatic N) is 5. The van der Waals surface area contributed by atoms with Crippen LogP contribution in [0.5, 0.6) is 0 Å². The van der Waals surface area contributed by atoms with Crippen LogP contribution in [0.25, 0.3) is 0 Å². The second-order valence-corrected chi connectivity index (χ2v) is 14.7. The molecule has 0 spiro atoms. The summed E-state index contributed by atoms with van der Waals surface area (Å²) in [4.78, 5) is 45.2. The van der Waals surface area contributed by atoms with E-state index in [4.69, 9.17) is 9.83 Å². The monoisotopic (exact) mass is 679 g/mol. The molecular weight excluding hydrogens is 634 g/mol. The second-order valence-electron chi connectivity index (χ2n) is 13.1. The normalized spacial score (nSPS) is 19.8. The largest absolute Gasteiger partial charge is 0.748 e. The standard InChI is InChI=1S/C35H45N5O7S/c1-26-34(2,3)29(39(37-26)24-15-25-48(44,45)46)18-11-8-6-7-10-17-28-35(4,5)27-16-14-23-38(33(27)36-28)22-13-9-12-19-32(43)47-40-30(41)20-21-31(40)42/h6-8,10-11,14,16-18,23H,9,12-13,15,19-22,24-25H2,1-5H3. The lowest BCUT2D eigenvalue weighted by Gasteiger charge is -2.25. The van der Waals surface area contributed by atoms with Crippen LogP contribution in [0.2, 0.25) is 0 Å². The van der Waals surface area contributed by atoms with E-state index in [1.807, 2.05) is 61.7 Å². The molecule has 48 heavy (non-hydrogen) atoms. The van der Waals surface area contributed by atoms with E-state index in [0.717, 1.165) is 47.9 Å². The number of aliphatic imine (C=N–C) groups is 1. The molecule has 1 fully saturated rings. The second kappa shape index (κ2) is 15.3. The summed E-state index contributed by atoms with van der Waals surface area (Å²) in [6.45, 7) is 11.4. The average Bonchev–Trinajstić information content (AvgIpc) is 3.54. The first-order chi connectivity index (χ1) is 22.6. The fraction of sp³-hybridized carbons (Fsp3) is 0.486. The summed E-state index contributed by atoms with van der Waals surface area (Å²) in [5, 5.41) is 6.94. The quantitative estimate of drug-likeness (QED) is 0.0850. The first kappa shape index (κ1) is 36.6. The van der Waals surface area contributed by atoms with Gasteiger partial charge in [0.2, 0.25) is 0 Å². The van der Waals surface area contributed by atoms with Crippen molar-refractivity contribution < 1.29 is 36.8 Å². The Hall–Kier alpha value is -4.23. The van der Waals surface area contributed by atoms with E-state index in [0.29, 0.717) is 18.0 Å². The molecule has 3 aliphatic heterocycles. The zero-order valence-corrected chi connectivity index (χ0v) is 29.2. The molecule has 0 unspecified atom stereocenters. The van der Waals surface area contributed by atoms with Gasteiger partial charge in [0.15, 0.2) is 5.71 Å². The molecular formula is C35H45N5O7S. The van der Waals surface area contributed by atoms with Crippen molar-refractivity contribution in [3.05, 3.63) is 72.1 Å². The van der Waals surface area contributed by atoms with Gasteiger partial charge in [-0.2, -0.15) is 5.10 Å². The molecule has 0 atom stereocenters. The number of carbonyl (C=O) groups is 3. The molecule has 4 rings (SSSR count). The Kier molecular flexibility index (Phi) is 11.7. The number of rotatable bonds is 15. The Labute approximate surface area is 282 Å². The Bertz CT molecular complexity index is 1700. The molecule has 0 saturated carbocycles. The highest BCUT2D eigenvalue weighted by Crippen LogP contribution is 2.38. The van der Waals surface area contributed by atoms with Crippen LogP contribution in [0.15, 0.2) is 76.7 Å². The van der Waals surface area contributed by atoms with Gasteiger partial charge in [-0.15, -0.1) is 5.06 Å². The van der Waals surface area contributed by atoms with E-state index in [-0.39, 0.29) is 36.5 Å². The van der Waals surface area contributed by atoms with Gasteiger partial charge in [0.1, 0.15) is 0 Å². The number of hydrazone groups is 1. The molecule has 0 aromatic carbocycles. The van der Waals surface area contributed by atoms with Gasteiger partial charge < -0.3 is 9.39 Å². The summed E-state index contributed by atoms with van der Waals surface area (Å²) in [5.41, 5.74) is 3.34. The number of hydroxylamine groups is 2. The van der Waals surface area contributed by atoms with Crippen LogP contribution < -0.4 is 4.57 Å². The number of unbranched alkanes of at least 4 members (excludes halogenated alkanes) is 2. The van der Waals surface area contributed by atoms with Crippen molar-refractivity contribution in [2.24, 2.45) is 15.5 Å². The van der Waals surface area contributed by atoms with Gasteiger partial charge >= 0.3 is 11.8 Å². The molecule has 0 bridgehead atoms. The van der Waals surface area contributed by atoms with Crippen molar-refractivity contribution in [3.63, 3.8) is 0 Å². The lowest BCUT2D eigenvalue weighted by atomic mass is 9.82. The number of hydrogen-bond acceptors (Lipinski definition) is 10. The number of amides is 2. The summed E-state index contributed by atoms with van der Waals surface area (Å²) in [7, 11) is -4.26. The Morgan fingerprint density at radius 2 is 1.69 bits per heavy atom. The summed E-state index contributed by atoms with van der Waals surface area (Å²) < 4.78 is 35.2. The van der Waals surface area contributed by atoms with Crippen molar-refractivity contribution in [3.8, 4) is 0 Å². The number of allylic oxidation sites excluding steroid dienone is 8. The number of fused-ring (bicyclic) bond motifs is 1. The van der Waals surface area contributed by atoms with Gasteiger partial charge in [-0.3, -0.25) is 14.6 Å².